The van der Waals surface area contributed by atoms with Crippen LogP contribution in [0.2, 0.25) is 0 Å². The van der Waals surface area contributed by atoms with Crippen LogP contribution in [0, 0.1) is 5.92 Å². The predicted octanol–water partition coefficient (Wildman–Crippen LogP) is 4.16. The summed E-state index contributed by atoms with van der Waals surface area (Å²) in [7, 11) is 0. The summed E-state index contributed by atoms with van der Waals surface area (Å²) in [6.07, 6.45) is 4.42. The van der Waals surface area contributed by atoms with E-state index in [0.29, 0.717) is 6.04 Å². The Morgan fingerprint density at radius 2 is 1.89 bits per heavy atom. The molecule has 1 aliphatic carbocycles. The zero-order valence-corrected chi connectivity index (χ0v) is 18.0. The summed E-state index contributed by atoms with van der Waals surface area (Å²) in [4.78, 5) is 14.7. The third-order valence-corrected chi connectivity index (χ3v) is 5.56. The first-order chi connectivity index (χ1) is 12.3. The average molecular weight is 395 g/mol. The molecule has 4 nitrogen and oxygen atoms in total. The summed E-state index contributed by atoms with van der Waals surface area (Å²) < 4.78 is 5.97. The molecule has 27 heavy (non-hydrogen) atoms. The minimum absolute atomic E-state index is 0. The fourth-order valence-electron chi connectivity index (χ4n) is 3.51. The molecular formula is C22H35ClN2O2. The van der Waals surface area contributed by atoms with Crippen molar-refractivity contribution in [1.82, 2.24) is 10.2 Å². The summed E-state index contributed by atoms with van der Waals surface area (Å²) in [6, 6.07) is 8.67. The van der Waals surface area contributed by atoms with Gasteiger partial charge in [-0.2, -0.15) is 0 Å². The van der Waals surface area contributed by atoms with Gasteiger partial charge in [-0.3, -0.25) is 4.79 Å². The lowest BCUT2D eigenvalue weighted by Crippen LogP contribution is -2.48. The van der Waals surface area contributed by atoms with E-state index in [1.807, 2.05) is 24.0 Å². The number of hydrogen-bond acceptors (Lipinski definition) is 3. The first-order valence-corrected chi connectivity index (χ1v) is 10.1. The number of nitrogens with one attached hydrogen (secondary N) is 1. The highest BCUT2D eigenvalue weighted by atomic mass is 35.5. The van der Waals surface area contributed by atoms with E-state index >= 15 is 0 Å². The average Bonchev–Trinajstić information content (AvgIpc) is 3.44. The van der Waals surface area contributed by atoms with Gasteiger partial charge in [-0.05, 0) is 68.2 Å². The third-order valence-electron chi connectivity index (χ3n) is 5.56. The fourth-order valence-corrected chi connectivity index (χ4v) is 3.51. The number of halogens is 1. The zero-order valence-electron chi connectivity index (χ0n) is 17.2. The number of rotatable bonds is 6. The molecule has 0 aromatic heterocycles. The molecule has 1 heterocycles. The second kappa shape index (κ2) is 9.29. The van der Waals surface area contributed by atoms with Crippen LogP contribution in [0.15, 0.2) is 24.3 Å². The third kappa shape index (κ3) is 6.39. The number of likely N-dealkylation sites (tertiary alicyclic amines) is 1. The molecule has 1 aromatic carbocycles. The van der Waals surface area contributed by atoms with Gasteiger partial charge in [0.05, 0.1) is 0 Å². The van der Waals surface area contributed by atoms with Crippen LogP contribution < -0.4 is 10.1 Å². The van der Waals surface area contributed by atoms with Gasteiger partial charge in [-0.15, -0.1) is 12.4 Å². The number of carbonyl (C=O) groups excluding carboxylic acids is 1. The molecule has 1 N–H and O–H groups in total. The second-order valence-corrected chi connectivity index (χ2v) is 8.99. The molecule has 0 spiro atoms. The highest BCUT2D eigenvalue weighted by molar-refractivity contribution is 5.85. The van der Waals surface area contributed by atoms with Crippen LogP contribution in [0.25, 0.3) is 0 Å². The van der Waals surface area contributed by atoms with Gasteiger partial charge in [-0.25, -0.2) is 0 Å². The van der Waals surface area contributed by atoms with E-state index in [2.05, 4.69) is 38.2 Å². The van der Waals surface area contributed by atoms with Gasteiger partial charge in [0.2, 0.25) is 0 Å². The summed E-state index contributed by atoms with van der Waals surface area (Å²) in [5.74, 6) is 1.79. The van der Waals surface area contributed by atoms with Crippen molar-refractivity contribution in [3.8, 4) is 5.75 Å². The molecule has 2 aliphatic rings. The van der Waals surface area contributed by atoms with E-state index < -0.39 is 6.10 Å². The summed E-state index contributed by atoms with van der Waals surface area (Å²) >= 11 is 0. The Hall–Kier alpha value is -1.26. The van der Waals surface area contributed by atoms with Crippen LogP contribution in [0.4, 0.5) is 0 Å². The highest BCUT2D eigenvalue weighted by Gasteiger charge is 2.28. The van der Waals surface area contributed by atoms with Crippen molar-refractivity contribution in [2.24, 2.45) is 5.92 Å². The van der Waals surface area contributed by atoms with Crippen molar-refractivity contribution in [3.63, 3.8) is 0 Å². The molecule has 152 valence electrons. The quantitative estimate of drug-likeness (QED) is 0.787. The molecule has 1 amide bonds. The Balaban J connectivity index is 0.00000261. The van der Waals surface area contributed by atoms with Crippen LogP contribution in [-0.2, 0) is 10.2 Å². The van der Waals surface area contributed by atoms with Crippen molar-refractivity contribution in [2.75, 3.05) is 19.6 Å². The van der Waals surface area contributed by atoms with Gasteiger partial charge in [0.25, 0.3) is 5.91 Å². The Labute approximate surface area is 170 Å². The molecular weight excluding hydrogens is 360 g/mol. The Morgan fingerprint density at radius 3 is 2.48 bits per heavy atom. The number of nitrogens with zero attached hydrogens (tertiary/aromatic N) is 1. The number of ether oxygens (including phenoxy) is 1. The van der Waals surface area contributed by atoms with Crippen molar-refractivity contribution in [3.05, 3.63) is 29.8 Å². The predicted molar refractivity (Wildman–Crippen MR) is 113 cm³/mol. The lowest BCUT2D eigenvalue weighted by Gasteiger charge is -2.34. The Morgan fingerprint density at radius 1 is 1.22 bits per heavy atom. The number of carbonyl (C=O) groups is 1. The standard InChI is InChI=1S/C22H34N2O2.ClH/c1-16(26-20-7-5-6-18(14-20)22(2,3)4)21(25)24-12-10-19(11-13-24)23-15-17-8-9-17;/h5-7,14,16-17,19,23H,8-13,15H2,1-4H3;1H. The largest absolute Gasteiger partial charge is 0.481 e. The van der Waals surface area contributed by atoms with E-state index in [0.717, 1.165) is 44.1 Å². The normalized spacial score (nSPS) is 19.3. The molecule has 1 aromatic rings. The first-order valence-electron chi connectivity index (χ1n) is 10.1. The maximum atomic E-state index is 12.7. The van der Waals surface area contributed by atoms with Crippen LogP contribution in [0.5, 0.6) is 5.75 Å². The molecule has 1 saturated heterocycles. The van der Waals surface area contributed by atoms with Crippen molar-refractivity contribution in [1.29, 1.82) is 0 Å². The van der Waals surface area contributed by atoms with Crippen LogP contribution in [0.3, 0.4) is 0 Å². The van der Waals surface area contributed by atoms with Gasteiger partial charge in [-0.1, -0.05) is 32.9 Å². The molecule has 5 heteroatoms. The van der Waals surface area contributed by atoms with Crippen molar-refractivity contribution in [2.45, 2.75) is 70.9 Å². The van der Waals surface area contributed by atoms with E-state index in [4.69, 9.17) is 4.74 Å². The molecule has 0 radical (unpaired) electrons. The Bertz CT molecular complexity index is 617. The lowest BCUT2D eigenvalue weighted by atomic mass is 9.87. The number of hydrogen-bond donors (Lipinski definition) is 1. The van der Waals surface area contributed by atoms with Gasteiger partial charge in [0, 0.05) is 19.1 Å². The zero-order chi connectivity index (χ0) is 18.7. The Kier molecular flexibility index (Phi) is 7.58. The molecule has 0 bridgehead atoms. The van der Waals surface area contributed by atoms with Gasteiger partial charge < -0.3 is 15.0 Å². The number of benzene rings is 1. The van der Waals surface area contributed by atoms with Crippen LogP contribution in [0.1, 0.15) is 58.9 Å². The second-order valence-electron chi connectivity index (χ2n) is 8.99. The molecule has 1 unspecified atom stereocenters. The summed E-state index contributed by atoms with van der Waals surface area (Å²) in [5.41, 5.74) is 1.29. The van der Waals surface area contributed by atoms with Crippen molar-refractivity contribution < 1.29 is 9.53 Å². The van der Waals surface area contributed by atoms with E-state index in [-0.39, 0.29) is 23.7 Å². The maximum absolute atomic E-state index is 12.7. The topological polar surface area (TPSA) is 41.6 Å². The number of piperidine rings is 1. The molecule has 1 saturated carbocycles. The highest BCUT2D eigenvalue weighted by Crippen LogP contribution is 2.28. The smallest absolute Gasteiger partial charge is 0.263 e. The van der Waals surface area contributed by atoms with Crippen LogP contribution >= 0.6 is 12.4 Å². The monoisotopic (exact) mass is 394 g/mol. The first kappa shape index (κ1) is 22.0. The maximum Gasteiger partial charge on any atom is 0.263 e. The van der Waals surface area contributed by atoms with E-state index in [9.17, 15) is 4.79 Å². The van der Waals surface area contributed by atoms with Gasteiger partial charge >= 0.3 is 0 Å². The number of amides is 1. The SMILES string of the molecule is CC(Oc1cccc(C(C)(C)C)c1)C(=O)N1CCC(NCC2CC2)CC1.Cl. The minimum Gasteiger partial charge on any atom is -0.481 e. The van der Waals surface area contributed by atoms with Crippen LogP contribution in [-0.4, -0.2) is 42.6 Å². The van der Waals surface area contributed by atoms with E-state index in [1.54, 1.807) is 0 Å². The molecule has 1 atom stereocenters. The fraction of sp³-hybridized carbons (Fsp3) is 0.682. The molecule has 2 fully saturated rings. The summed E-state index contributed by atoms with van der Waals surface area (Å²) in [6.45, 7) is 11.2. The molecule has 3 rings (SSSR count). The van der Waals surface area contributed by atoms with Gasteiger partial charge in [0.1, 0.15) is 5.75 Å². The summed E-state index contributed by atoms with van der Waals surface area (Å²) in [5, 5.41) is 3.66. The molecule has 1 aliphatic heterocycles. The van der Waals surface area contributed by atoms with Crippen molar-refractivity contribution >= 4 is 18.3 Å². The van der Waals surface area contributed by atoms with Gasteiger partial charge in [0.15, 0.2) is 6.10 Å². The lowest BCUT2D eigenvalue weighted by molar-refractivity contribution is -0.139. The minimum atomic E-state index is -0.443. The van der Waals surface area contributed by atoms with E-state index in [1.165, 1.54) is 18.4 Å².